The van der Waals surface area contributed by atoms with Gasteiger partial charge in [0.05, 0.1) is 0 Å². The summed E-state index contributed by atoms with van der Waals surface area (Å²) in [5.74, 6) is 0. The number of rotatable bonds is 10. The summed E-state index contributed by atoms with van der Waals surface area (Å²) in [6, 6.07) is 60.9. The summed E-state index contributed by atoms with van der Waals surface area (Å²) >= 11 is -5.77. The van der Waals surface area contributed by atoms with Crippen molar-refractivity contribution < 1.29 is 21.2 Å². The van der Waals surface area contributed by atoms with Crippen molar-refractivity contribution >= 4 is 62.5 Å². The standard InChI is InChI=1S/2C18H15P.2CHO.ClH.Ru/c2*1-4-10-16(11-5-1)19(17-12-6-2-7-13-17)18-14-8-3-9-15-18;2*1-2;;/h2*1-15H;2*1H;1H;/q;;;;;-1/p+1. The van der Waals surface area contributed by atoms with E-state index in [-0.39, 0.29) is 0 Å². The van der Waals surface area contributed by atoms with E-state index in [1.54, 1.807) is 0 Å². The molecule has 0 aliphatic rings. The average Bonchev–Trinajstić information content (AvgIpc) is 3.12. The van der Waals surface area contributed by atoms with E-state index in [0.29, 0.717) is 0 Å². The van der Waals surface area contributed by atoms with Gasteiger partial charge in [0.25, 0.3) is 0 Å². The molecule has 0 radical (unpaired) electrons. The fourth-order valence-corrected chi connectivity index (χ4v) is 72.4. The summed E-state index contributed by atoms with van der Waals surface area (Å²) < 4.78 is 0. The van der Waals surface area contributed by atoms with Crippen molar-refractivity contribution in [1.82, 2.24) is 0 Å². The van der Waals surface area contributed by atoms with Crippen LogP contribution in [0, 0.1) is 0 Å². The number of carbonyl (C=O) groups is 2. The molecule has 6 rings (SSSR count). The summed E-state index contributed by atoms with van der Waals surface area (Å²) in [4.78, 5) is 31.8. The van der Waals surface area contributed by atoms with Gasteiger partial charge in [-0.3, -0.25) is 0 Å². The van der Waals surface area contributed by atoms with Crippen LogP contribution in [0.2, 0.25) is 0 Å². The molecular formula is C38H34ClO2P2Ru. The number of carbonyl (C=O) groups excluding carboxylic acids is 2. The predicted molar refractivity (Wildman–Crippen MR) is 192 cm³/mol. The Morgan fingerprint density at radius 3 is 0.636 bits per heavy atom. The van der Waals surface area contributed by atoms with Crippen molar-refractivity contribution in [1.29, 1.82) is 0 Å². The molecule has 0 fully saturated rings. The molecule has 0 N–H and O–H groups in total. The van der Waals surface area contributed by atoms with Crippen LogP contribution in [-0.4, -0.2) is 9.76 Å². The van der Waals surface area contributed by atoms with Crippen LogP contribution in [0.4, 0.5) is 0 Å². The van der Waals surface area contributed by atoms with Gasteiger partial charge >= 0.3 is 266 Å². The Balaban J connectivity index is 2.00. The summed E-state index contributed by atoms with van der Waals surface area (Å²) in [5, 5.41) is 5.73. The third kappa shape index (κ3) is 4.26. The Morgan fingerprint density at radius 2 is 0.500 bits per heavy atom. The third-order valence-corrected chi connectivity index (χ3v) is 63.0. The molecule has 2 nitrogen and oxygen atoms in total. The molecule has 0 spiro atoms. The van der Waals surface area contributed by atoms with E-state index in [1.807, 2.05) is 109 Å². The van der Waals surface area contributed by atoms with E-state index in [1.165, 1.54) is 0 Å². The van der Waals surface area contributed by atoms with Crippen molar-refractivity contribution in [2.75, 3.05) is 0 Å². The van der Waals surface area contributed by atoms with Crippen LogP contribution in [0.5, 0.6) is 0 Å². The molecule has 0 saturated carbocycles. The topological polar surface area (TPSA) is 34.1 Å². The number of hydrogen-bond acceptors (Lipinski definition) is 2. The second kappa shape index (κ2) is 12.4. The Morgan fingerprint density at radius 1 is 0.341 bits per heavy atom. The van der Waals surface area contributed by atoms with Crippen LogP contribution in [0.15, 0.2) is 182 Å². The molecule has 6 heteroatoms. The number of halogens is 1. The second-order valence-electron chi connectivity index (χ2n) is 10.5. The molecule has 6 aromatic carbocycles. The van der Waals surface area contributed by atoms with Gasteiger partial charge < -0.3 is 0 Å². The molecule has 0 bridgehead atoms. The van der Waals surface area contributed by atoms with Crippen molar-refractivity contribution in [3.63, 3.8) is 0 Å². The Bertz CT molecular complexity index is 1530. The van der Waals surface area contributed by atoms with Crippen LogP contribution in [0.3, 0.4) is 0 Å². The van der Waals surface area contributed by atoms with E-state index in [9.17, 15) is 9.59 Å². The van der Waals surface area contributed by atoms with Gasteiger partial charge in [0, 0.05) is 0 Å². The molecule has 0 aliphatic heterocycles. The molecule has 0 amide bonds. The van der Waals surface area contributed by atoms with Crippen molar-refractivity contribution in [3.8, 4) is 0 Å². The zero-order chi connectivity index (χ0) is 30.5. The van der Waals surface area contributed by atoms with E-state index in [2.05, 4.69) is 72.8 Å². The molecule has 0 saturated heterocycles. The van der Waals surface area contributed by atoms with Gasteiger partial charge in [-0.2, -0.15) is 0 Å². The first kappa shape index (κ1) is 30.5. The van der Waals surface area contributed by atoms with Crippen LogP contribution < -0.4 is 31.8 Å². The maximum atomic E-state index is 14.9. The molecule has 6 aromatic rings. The van der Waals surface area contributed by atoms with Gasteiger partial charge in [-0.05, 0) is 0 Å². The second-order valence-corrected chi connectivity index (χ2v) is 46.8. The monoisotopic (exact) mass is 721 g/mol. The first-order valence-corrected chi connectivity index (χ1v) is 27.5. The van der Waals surface area contributed by atoms with Crippen LogP contribution in [0.25, 0.3) is 0 Å². The van der Waals surface area contributed by atoms with Crippen molar-refractivity contribution in [3.05, 3.63) is 182 Å². The molecule has 0 heterocycles. The normalized spacial score (nSPS) is 13.6. The van der Waals surface area contributed by atoms with Gasteiger partial charge in [-0.15, -0.1) is 0 Å². The zero-order valence-corrected chi connectivity index (χ0v) is 28.5. The van der Waals surface area contributed by atoms with Crippen molar-refractivity contribution in [2.24, 2.45) is 0 Å². The van der Waals surface area contributed by atoms with Crippen LogP contribution >= 0.6 is 20.9 Å². The predicted octanol–water partition coefficient (Wildman–Crippen LogP) is 6.49. The Kier molecular flexibility index (Phi) is 8.61. The zero-order valence-electron chi connectivity index (χ0n) is 24.0. The van der Waals surface area contributed by atoms with Crippen LogP contribution in [0.1, 0.15) is 0 Å². The fraction of sp³-hybridized carbons (Fsp3) is 0. The number of benzene rings is 6. The molecule has 0 aromatic heterocycles. The first-order chi connectivity index (χ1) is 21.6. The molecule has 223 valence electrons. The average molecular weight is 721 g/mol. The van der Waals surface area contributed by atoms with E-state index < -0.39 is 22.8 Å². The SMILES string of the molecule is O=[CH][Ru]([Cl])([CH]=O)([PH](c1ccccc1)(c1ccccc1)c1ccccc1)[PH](c1ccccc1)(c1ccccc1)c1ccccc1. The first-order valence-electron chi connectivity index (χ1n) is 14.3. The van der Waals surface area contributed by atoms with Gasteiger partial charge in [0.1, 0.15) is 0 Å². The van der Waals surface area contributed by atoms with Gasteiger partial charge in [0.2, 0.25) is 0 Å². The molecule has 0 aliphatic carbocycles. The van der Waals surface area contributed by atoms with E-state index >= 15 is 0 Å². The third-order valence-electron chi connectivity index (χ3n) is 8.39. The van der Waals surface area contributed by atoms with Crippen LogP contribution in [-0.2, 0) is 21.2 Å². The minimum atomic E-state index is -5.77. The molecule has 44 heavy (non-hydrogen) atoms. The Hall–Kier alpha value is -3.57. The van der Waals surface area contributed by atoms with E-state index in [0.717, 1.165) is 41.6 Å². The van der Waals surface area contributed by atoms with Gasteiger partial charge in [0.15, 0.2) is 0 Å². The quantitative estimate of drug-likeness (QED) is 0.0922. The number of hydrogen-bond donors (Lipinski definition) is 0. The molecule has 0 atom stereocenters. The maximum absolute atomic E-state index is 14.9. The van der Waals surface area contributed by atoms with Gasteiger partial charge in [-0.1, -0.05) is 0 Å². The summed E-state index contributed by atoms with van der Waals surface area (Å²) in [6.07, 6.45) is 0. The van der Waals surface area contributed by atoms with Crippen molar-refractivity contribution in [2.45, 2.75) is 0 Å². The minimum absolute atomic E-state index is 0.955. The molecule has 0 unspecified atom stereocenters. The summed E-state index contributed by atoms with van der Waals surface area (Å²) in [6.45, 7) is 0. The Labute approximate surface area is 264 Å². The molecular weight excluding hydrogens is 687 g/mol. The van der Waals surface area contributed by atoms with Gasteiger partial charge in [-0.25, -0.2) is 0 Å². The summed E-state index contributed by atoms with van der Waals surface area (Å²) in [7, 11) is 8.78. The fourth-order valence-electron chi connectivity index (χ4n) is 6.70. The van der Waals surface area contributed by atoms with E-state index in [4.69, 9.17) is 9.69 Å². The summed E-state index contributed by atoms with van der Waals surface area (Å²) in [5.41, 5.74) is -7.49.